The van der Waals surface area contributed by atoms with E-state index in [0.29, 0.717) is 12.1 Å². The molecule has 0 aromatic heterocycles. The van der Waals surface area contributed by atoms with Crippen LogP contribution in [-0.2, 0) is 0 Å². The van der Waals surface area contributed by atoms with E-state index in [1.54, 1.807) is 0 Å². The molecule has 2 heterocycles. The lowest BCUT2D eigenvalue weighted by Gasteiger charge is -2.30. The summed E-state index contributed by atoms with van der Waals surface area (Å²) >= 11 is 6.28. The molecule has 3 rings (SSSR count). The van der Waals surface area contributed by atoms with E-state index in [9.17, 15) is 0 Å². The summed E-state index contributed by atoms with van der Waals surface area (Å²) in [5, 5.41) is 11.3. The van der Waals surface area contributed by atoms with E-state index in [1.807, 2.05) is 18.2 Å². The van der Waals surface area contributed by atoms with Crippen molar-refractivity contribution in [1.82, 2.24) is 16.0 Å². The van der Waals surface area contributed by atoms with Crippen LogP contribution in [0.4, 0.5) is 5.69 Å². The van der Waals surface area contributed by atoms with E-state index in [2.05, 4.69) is 29.8 Å². The van der Waals surface area contributed by atoms with Crippen molar-refractivity contribution in [2.24, 2.45) is 4.99 Å². The second-order valence-electron chi connectivity index (χ2n) is 5.86. The quantitative estimate of drug-likeness (QED) is 0.804. The number of benzene rings is 1. The number of rotatable bonds is 3. The van der Waals surface area contributed by atoms with E-state index in [4.69, 9.17) is 16.6 Å². The molecule has 1 aromatic rings. The van der Waals surface area contributed by atoms with Gasteiger partial charge in [-0.15, -0.1) is 0 Å². The summed E-state index contributed by atoms with van der Waals surface area (Å²) in [4.78, 5) is 4.70. The number of hydrogen-bond acceptors (Lipinski definition) is 4. The van der Waals surface area contributed by atoms with Crippen LogP contribution in [0.3, 0.4) is 0 Å². The third-order valence-electron chi connectivity index (χ3n) is 4.39. The van der Waals surface area contributed by atoms with Crippen LogP contribution in [0.2, 0.25) is 5.02 Å². The Morgan fingerprint density at radius 3 is 3.05 bits per heavy atom. The fourth-order valence-electron chi connectivity index (χ4n) is 3.27. The van der Waals surface area contributed by atoms with Gasteiger partial charge >= 0.3 is 0 Å². The predicted octanol–water partition coefficient (Wildman–Crippen LogP) is 3.11. The van der Waals surface area contributed by atoms with E-state index < -0.39 is 0 Å². The topological polar surface area (TPSA) is 48.5 Å². The lowest BCUT2D eigenvalue weighted by atomic mass is 10.0. The van der Waals surface area contributed by atoms with Gasteiger partial charge in [-0.2, -0.15) is 0 Å². The van der Waals surface area contributed by atoms with Crippen molar-refractivity contribution >= 4 is 23.2 Å². The predicted molar refractivity (Wildman–Crippen MR) is 88.3 cm³/mol. The molecule has 4 nitrogen and oxygen atoms in total. The molecule has 5 heteroatoms. The van der Waals surface area contributed by atoms with Crippen LogP contribution in [0.15, 0.2) is 23.2 Å². The van der Waals surface area contributed by atoms with E-state index in [-0.39, 0.29) is 6.04 Å². The summed E-state index contributed by atoms with van der Waals surface area (Å²) in [6, 6.07) is 7.01. The maximum absolute atomic E-state index is 6.28. The SMILES string of the molecule is CCC(NC1=Nc2cccc(Cl)c2C(C)N1)C1CCCN1. The van der Waals surface area contributed by atoms with Gasteiger partial charge in [0.1, 0.15) is 0 Å². The fraction of sp³-hybridized carbons (Fsp3) is 0.562. The highest BCUT2D eigenvalue weighted by Crippen LogP contribution is 2.34. The Labute approximate surface area is 131 Å². The molecule has 3 unspecified atom stereocenters. The van der Waals surface area contributed by atoms with Crippen molar-refractivity contribution in [3.8, 4) is 0 Å². The highest BCUT2D eigenvalue weighted by molar-refractivity contribution is 6.31. The first-order valence-electron chi connectivity index (χ1n) is 7.82. The van der Waals surface area contributed by atoms with Crippen LogP contribution in [0, 0.1) is 0 Å². The van der Waals surface area contributed by atoms with Crippen LogP contribution in [0.25, 0.3) is 0 Å². The second-order valence-corrected chi connectivity index (χ2v) is 6.27. The van der Waals surface area contributed by atoms with Gasteiger partial charge in [-0.05, 0) is 44.9 Å². The molecule has 1 aromatic carbocycles. The Morgan fingerprint density at radius 2 is 2.33 bits per heavy atom. The van der Waals surface area contributed by atoms with E-state index in [0.717, 1.165) is 35.2 Å². The molecule has 0 spiro atoms. The van der Waals surface area contributed by atoms with Gasteiger partial charge in [0.2, 0.25) is 0 Å². The number of nitrogens with one attached hydrogen (secondary N) is 3. The number of aliphatic imine (C=N–C) groups is 1. The van der Waals surface area contributed by atoms with Crippen molar-refractivity contribution in [3.63, 3.8) is 0 Å². The van der Waals surface area contributed by atoms with Gasteiger partial charge in [0.05, 0.1) is 11.7 Å². The lowest BCUT2D eigenvalue weighted by Crippen LogP contribution is -2.52. The Bertz CT molecular complexity index is 537. The van der Waals surface area contributed by atoms with Crippen LogP contribution in [0.1, 0.15) is 44.7 Å². The van der Waals surface area contributed by atoms with Crippen LogP contribution < -0.4 is 16.0 Å². The van der Waals surface area contributed by atoms with Gasteiger partial charge in [0.25, 0.3) is 0 Å². The maximum atomic E-state index is 6.28. The molecular formula is C16H23ClN4. The molecule has 2 aliphatic rings. The van der Waals surface area contributed by atoms with Crippen molar-refractivity contribution in [1.29, 1.82) is 0 Å². The minimum atomic E-state index is 0.169. The average molecular weight is 307 g/mol. The molecule has 0 radical (unpaired) electrons. The molecular weight excluding hydrogens is 284 g/mol. The van der Waals surface area contributed by atoms with Gasteiger partial charge in [0.15, 0.2) is 5.96 Å². The van der Waals surface area contributed by atoms with Crippen molar-refractivity contribution in [2.45, 2.75) is 51.2 Å². The van der Waals surface area contributed by atoms with Gasteiger partial charge < -0.3 is 16.0 Å². The normalized spacial score (nSPS) is 25.8. The molecule has 0 bridgehead atoms. The fourth-order valence-corrected chi connectivity index (χ4v) is 3.61. The molecule has 0 aliphatic carbocycles. The third kappa shape index (κ3) is 3.01. The number of guanidine groups is 1. The Kier molecular flexibility index (Phi) is 4.36. The summed E-state index contributed by atoms with van der Waals surface area (Å²) in [6.07, 6.45) is 3.57. The van der Waals surface area contributed by atoms with Crippen LogP contribution in [-0.4, -0.2) is 24.6 Å². The van der Waals surface area contributed by atoms with Crippen molar-refractivity contribution in [2.75, 3.05) is 6.54 Å². The van der Waals surface area contributed by atoms with Gasteiger partial charge in [-0.25, -0.2) is 4.99 Å². The first-order valence-corrected chi connectivity index (χ1v) is 8.20. The summed E-state index contributed by atoms with van der Waals surface area (Å²) in [7, 11) is 0. The summed E-state index contributed by atoms with van der Waals surface area (Å²) < 4.78 is 0. The smallest absolute Gasteiger partial charge is 0.197 e. The van der Waals surface area contributed by atoms with Crippen molar-refractivity contribution < 1.29 is 0 Å². The van der Waals surface area contributed by atoms with E-state index in [1.165, 1.54) is 12.8 Å². The standard InChI is InChI=1S/C16H23ClN4/c1-3-12(13-8-5-9-18-13)20-16-19-10(2)15-11(17)6-4-7-14(15)21-16/h4,6-7,10,12-13,18H,3,5,8-9H2,1-2H3,(H2,19,20,21). The van der Waals surface area contributed by atoms with Crippen molar-refractivity contribution in [3.05, 3.63) is 28.8 Å². The largest absolute Gasteiger partial charge is 0.352 e. The minimum absolute atomic E-state index is 0.169. The molecule has 1 saturated heterocycles. The number of hydrogen-bond donors (Lipinski definition) is 3. The third-order valence-corrected chi connectivity index (χ3v) is 4.72. The Morgan fingerprint density at radius 1 is 1.48 bits per heavy atom. The van der Waals surface area contributed by atoms with Gasteiger partial charge in [-0.1, -0.05) is 24.6 Å². The zero-order valence-electron chi connectivity index (χ0n) is 12.6. The molecule has 0 amide bonds. The Balaban J connectivity index is 1.80. The molecule has 3 atom stereocenters. The first kappa shape index (κ1) is 14.7. The highest BCUT2D eigenvalue weighted by Gasteiger charge is 2.26. The van der Waals surface area contributed by atoms with Crippen LogP contribution >= 0.6 is 11.6 Å². The summed E-state index contributed by atoms with van der Waals surface area (Å²) in [6.45, 7) is 5.46. The average Bonchev–Trinajstić information content (AvgIpc) is 2.98. The zero-order chi connectivity index (χ0) is 14.8. The van der Waals surface area contributed by atoms with E-state index >= 15 is 0 Å². The van der Waals surface area contributed by atoms with Gasteiger partial charge in [-0.3, -0.25) is 0 Å². The lowest BCUT2D eigenvalue weighted by molar-refractivity contribution is 0.432. The molecule has 0 saturated carbocycles. The monoisotopic (exact) mass is 306 g/mol. The molecule has 21 heavy (non-hydrogen) atoms. The summed E-state index contributed by atoms with van der Waals surface area (Å²) in [5.41, 5.74) is 2.04. The molecule has 3 N–H and O–H groups in total. The zero-order valence-corrected chi connectivity index (χ0v) is 13.4. The number of fused-ring (bicyclic) bond motifs is 1. The maximum Gasteiger partial charge on any atom is 0.197 e. The molecule has 2 aliphatic heterocycles. The first-order chi connectivity index (χ1) is 10.2. The van der Waals surface area contributed by atoms with Gasteiger partial charge in [0, 0.05) is 22.7 Å². The van der Waals surface area contributed by atoms with Crippen LogP contribution in [0.5, 0.6) is 0 Å². The molecule has 114 valence electrons. The Hall–Kier alpha value is -1.26. The highest BCUT2D eigenvalue weighted by atomic mass is 35.5. The number of nitrogens with zero attached hydrogens (tertiary/aromatic N) is 1. The molecule has 1 fully saturated rings. The number of halogens is 1. The summed E-state index contributed by atoms with van der Waals surface area (Å²) in [5.74, 6) is 0.859. The second kappa shape index (κ2) is 6.24. The minimum Gasteiger partial charge on any atom is -0.352 e.